The molecule has 2 rings (SSSR count). The molecule has 196 valence electrons. The molecular weight excluding hydrogens is 466 g/mol. The molecule has 1 unspecified atom stereocenters. The molecule has 0 aliphatic carbocycles. The maximum atomic E-state index is 12.8. The Bertz CT molecular complexity index is 701. The summed E-state index contributed by atoms with van der Waals surface area (Å²) in [5.41, 5.74) is 0.867. The number of hydrogen-bond acceptors (Lipinski definition) is 9. The number of ether oxygens (including phenoxy) is 7. The first-order chi connectivity index (χ1) is 16.7. The van der Waals surface area contributed by atoms with E-state index in [0.29, 0.717) is 110 Å². The van der Waals surface area contributed by atoms with Crippen LogP contribution in [-0.2, 0) is 35.0 Å². The molecule has 1 aromatic rings. The Morgan fingerprint density at radius 3 is 1.88 bits per heavy atom. The van der Waals surface area contributed by atoms with Gasteiger partial charge in [0.25, 0.3) is 11.3 Å². The van der Waals surface area contributed by atoms with Gasteiger partial charge in [-0.3, -0.25) is 0 Å². The lowest BCUT2D eigenvalue weighted by atomic mass is 10.2. The largest absolute Gasteiger partial charge is 0.491 e. The van der Waals surface area contributed by atoms with Crippen molar-refractivity contribution in [1.82, 2.24) is 4.31 Å². The van der Waals surface area contributed by atoms with Crippen LogP contribution in [0.1, 0.15) is 19.4 Å². The Labute approximate surface area is 205 Å². The second-order valence-electron chi connectivity index (χ2n) is 7.22. The lowest BCUT2D eigenvalue weighted by Crippen LogP contribution is -2.39. The highest BCUT2D eigenvalue weighted by Gasteiger charge is 2.21. The van der Waals surface area contributed by atoms with E-state index in [0.717, 1.165) is 5.56 Å². The van der Waals surface area contributed by atoms with Gasteiger partial charge in [-0.25, -0.2) is 0 Å². The fourth-order valence-corrected chi connectivity index (χ4v) is 3.79. The highest BCUT2D eigenvalue weighted by Crippen LogP contribution is 2.35. The van der Waals surface area contributed by atoms with Crippen molar-refractivity contribution in [2.24, 2.45) is 0 Å². The van der Waals surface area contributed by atoms with Crippen molar-refractivity contribution in [3.8, 4) is 17.2 Å². The molecule has 1 fully saturated rings. The van der Waals surface area contributed by atoms with E-state index in [1.807, 2.05) is 26.8 Å². The van der Waals surface area contributed by atoms with Crippen LogP contribution in [0.3, 0.4) is 0 Å². The molecule has 0 N–H and O–H groups in total. The number of aryl methyl sites for hydroxylation is 1. The van der Waals surface area contributed by atoms with Gasteiger partial charge in [-0.1, -0.05) is 0 Å². The topological polar surface area (TPSA) is 94.2 Å². The lowest BCUT2D eigenvalue weighted by Gasteiger charge is -2.25. The van der Waals surface area contributed by atoms with Crippen molar-refractivity contribution < 1.29 is 41.6 Å². The summed E-state index contributed by atoms with van der Waals surface area (Å²) < 4.78 is 58.9. The van der Waals surface area contributed by atoms with Gasteiger partial charge in [0, 0.05) is 32.4 Å². The molecule has 0 bridgehead atoms. The molecule has 1 aliphatic rings. The highest BCUT2D eigenvalue weighted by molar-refractivity contribution is 7.78. The summed E-state index contributed by atoms with van der Waals surface area (Å²) in [6.07, 6.45) is 0. The zero-order valence-corrected chi connectivity index (χ0v) is 21.4. The molecule has 0 aromatic heterocycles. The minimum atomic E-state index is -1.68. The van der Waals surface area contributed by atoms with Crippen molar-refractivity contribution in [3.63, 3.8) is 0 Å². The molecule has 0 amide bonds. The third kappa shape index (κ3) is 11.3. The van der Waals surface area contributed by atoms with Crippen molar-refractivity contribution >= 4 is 11.3 Å². The monoisotopic (exact) mass is 505 g/mol. The number of morpholine rings is 1. The van der Waals surface area contributed by atoms with Crippen molar-refractivity contribution in [2.45, 2.75) is 20.8 Å². The summed E-state index contributed by atoms with van der Waals surface area (Å²) in [5.74, 6) is 1.44. The smallest absolute Gasteiger partial charge is 0.291 e. The molecule has 0 spiro atoms. The van der Waals surface area contributed by atoms with Crippen molar-refractivity contribution in [3.05, 3.63) is 17.7 Å². The summed E-state index contributed by atoms with van der Waals surface area (Å²) in [5, 5.41) is 0. The molecule has 1 atom stereocenters. The summed E-state index contributed by atoms with van der Waals surface area (Å²) in [6.45, 7) is 12.9. The number of nitrogens with zero attached hydrogens (tertiary/aromatic N) is 1. The van der Waals surface area contributed by atoms with Gasteiger partial charge in [0.15, 0.2) is 11.5 Å². The predicted octanol–water partition coefficient (Wildman–Crippen LogP) is 2.15. The molecule has 1 aliphatic heterocycles. The normalized spacial score (nSPS) is 15.3. The Morgan fingerprint density at radius 1 is 0.765 bits per heavy atom. The van der Waals surface area contributed by atoms with E-state index in [4.69, 9.17) is 37.3 Å². The summed E-state index contributed by atoms with van der Waals surface area (Å²) in [6, 6.07) is 3.52. The average molecular weight is 506 g/mol. The number of hydrogen-bond donors (Lipinski definition) is 0. The second-order valence-corrected chi connectivity index (χ2v) is 8.34. The molecule has 10 nitrogen and oxygen atoms in total. The summed E-state index contributed by atoms with van der Waals surface area (Å²) >= 11 is -1.68. The summed E-state index contributed by atoms with van der Waals surface area (Å²) in [4.78, 5) is 0. The zero-order valence-electron chi connectivity index (χ0n) is 20.6. The molecule has 1 heterocycles. The Hall–Kier alpha value is -1.47. The molecule has 0 saturated carbocycles. The van der Waals surface area contributed by atoms with Gasteiger partial charge in [0.05, 0.1) is 52.9 Å². The molecule has 1 saturated heterocycles. The second kappa shape index (κ2) is 17.9. The molecule has 34 heavy (non-hydrogen) atoms. The zero-order chi connectivity index (χ0) is 24.4. The van der Waals surface area contributed by atoms with E-state index in [-0.39, 0.29) is 0 Å². The first kappa shape index (κ1) is 28.8. The van der Waals surface area contributed by atoms with E-state index in [2.05, 4.69) is 0 Å². The first-order valence-electron chi connectivity index (χ1n) is 11.8. The van der Waals surface area contributed by atoms with E-state index in [1.165, 1.54) is 0 Å². The van der Waals surface area contributed by atoms with Crippen LogP contribution in [-0.4, -0.2) is 101 Å². The lowest BCUT2D eigenvalue weighted by molar-refractivity contribution is 0.0398. The minimum Gasteiger partial charge on any atom is -0.491 e. The van der Waals surface area contributed by atoms with E-state index in [9.17, 15) is 4.21 Å². The third-order valence-corrected chi connectivity index (χ3v) is 5.81. The van der Waals surface area contributed by atoms with Crippen LogP contribution in [0.4, 0.5) is 0 Å². The van der Waals surface area contributed by atoms with Gasteiger partial charge in [-0.2, -0.15) is 8.51 Å². The Balaban J connectivity index is 1.94. The fourth-order valence-electron chi connectivity index (χ4n) is 2.95. The predicted molar refractivity (Wildman–Crippen MR) is 128 cm³/mol. The minimum absolute atomic E-state index is 0.319. The maximum absolute atomic E-state index is 12.8. The van der Waals surface area contributed by atoms with Crippen LogP contribution >= 0.6 is 0 Å². The quantitative estimate of drug-likeness (QED) is 0.262. The van der Waals surface area contributed by atoms with Crippen LogP contribution < -0.4 is 13.7 Å². The molecule has 11 heteroatoms. The highest BCUT2D eigenvalue weighted by atomic mass is 32.2. The Kier molecular flexibility index (Phi) is 15.1. The summed E-state index contributed by atoms with van der Waals surface area (Å²) in [7, 11) is 0. The van der Waals surface area contributed by atoms with Crippen LogP contribution in [0.2, 0.25) is 0 Å². The van der Waals surface area contributed by atoms with Gasteiger partial charge in [0.1, 0.15) is 19.0 Å². The fraction of sp³-hybridized carbons (Fsp3) is 0.739. The Morgan fingerprint density at radius 2 is 1.29 bits per heavy atom. The SMILES string of the molecule is CCOCCOCCOc1cc(OS(=O)N2CCOCC2)c(OCCOCCOCC)cc1C. The van der Waals surface area contributed by atoms with E-state index >= 15 is 0 Å². The van der Waals surface area contributed by atoms with Crippen molar-refractivity contribution in [2.75, 3.05) is 92.4 Å². The van der Waals surface area contributed by atoms with Crippen LogP contribution in [0, 0.1) is 6.92 Å². The van der Waals surface area contributed by atoms with E-state index < -0.39 is 11.3 Å². The first-order valence-corrected chi connectivity index (χ1v) is 12.8. The average Bonchev–Trinajstić information content (AvgIpc) is 2.85. The van der Waals surface area contributed by atoms with Gasteiger partial charge < -0.3 is 37.3 Å². The maximum Gasteiger partial charge on any atom is 0.291 e. The van der Waals surface area contributed by atoms with Gasteiger partial charge in [-0.05, 0) is 32.4 Å². The van der Waals surface area contributed by atoms with Crippen LogP contribution in [0.25, 0.3) is 0 Å². The standard InChI is InChI=1S/C23H39NO9S/c1-4-26-10-12-29-14-16-31-21-19-23(33-34(25)24-6-8-28-9-7-24)22(18-20(21)3)32-17-15-30-13-11-27-5-2/h18-19H,4-17H2,1-3H3. The number of rotatable bonds is 19. The molecule has 0 radical (unpaired) electrons. The van der Waals surface area contributed by atoms with Crippen LogP contribution in [0.15, 0.2) is 12.1 Å². The van der Waals surface area contributed by atoms with Gasteiger partial charge in [-0.15, -0.1) is 0 Å². The van der Waals surface area contributed by atoms with Gasteiger partial charge >= 0.3 is 0 Å². The van der Waals surface area contributed by atoms with Crippen molar-refractivity contribution in [1.29, 1.82) is 0 Å². The van der Waals surface area contributed by atoms with Crippen LogP contribution in [0.5, 0.6) is 17.2 Å². The molecule has 1 aromatic carbocycles. The molecular formula is C23H39NO9S. The van der Waals surface area contributed by atoms with E-state index in [1.54, 1.807) is 10.4 Å². The van der Waals surface area contributed by atoms with Gasteiger partial charge in [0.2, 0.25) is 0 Å². The number of benzene rings is 1. The third-order valence-electron chi connectivity index (χ3n) is 4.71.